The summed E-state index contributed by atoms with van der Waals surface area (Å²) in [6.45, 7) is 3.14. The van der Waals surface area contributed by atoms with Crippen LogP contribution in [0.1, 0.15) is 36.8 Å². The molecule has 0 bridgehead atoms. The van der Waals surface area contributed by atoms with E-state index in [9.17, 15) is 9.18 Å². The molecule has 0 radical (unpaired) electrons. The molecule has 2 saturated heterocycles. The smallest absolute Gasteiger partial charge is 0.233 e. The van der Waals surface area contributed by atoms with Gasteiger partial charge in [0.2, 0.25) is 5.91 Å². The number of halogens is 1. The molecule has 2 aromatic carbocycles. The molecule has 5 nitrogen and oxygen atoms in total. The molecule has 1 saturated carbocycles. The lowest BCUT2D eigenvalue weighted by atomic mass is 9.84. The first-order valence-electron chi connectivity index (χ1n) is 11.4. The van der Waals surface area contributed by atoms with Gasteiger partial charge in [-0.2, -0.15) is 0 Å². The number of ether oxygens (including phenoxy) is 3. The van der Waals surface area contributed by atoms with Crippen molar-refractivity contribution in [3.63, 3.8) is 0 Å². The lowest BCUT2D eigenvalue weighted by Gasteiger charge is -2.48. The minimum absolute atomic E-state index is 0.182. The molecule has 170 valence electrons. The number of methoxy groups -OCH3 is 1. The number of likely N-dealkylation sites (tertiary alicyclic amines) is 1. The fourth-order valence-electron chi connectivity index (χ4n) is 5.17. The van der Waals surface area contributed by atoms with Crippen LogP contribution >= 0.6 is 0 Å². The number of benzene rings is 2. The average molecular weight is 440 g/mol. The van der Waals surface area contributed by atoms with Gasteiger partial charge in [0.1, 0.15) is 17.2 Å². The van der Waals surface area contributed by atoms with Crippen molar-refractivity contribution in [3.8, 4) is 5.75 Å². The highest BCUT2D eigenvalue weighted by Crippen LogP contribution is 2.52. The molecule has 0 aromatic heterocycles. The second kappa shape index (κ2) is 8.49. The summed E-state index contributed by atoms with van der Waals surface area (Å²) in [5.41, 5.74) is 1.41. The number of rotatable bonds is 8. The zero-order valence-electron chi connectivity index (χ0n) is 18.5. The SMILES string of the molecule is COc1ccc(C2(C(=O)N3CC4(CC(CCOCc5cccc(F)c5)CO4)C3)CC2)cc1. The van der Waals surface area contributed by atoms with Crippen molar-refractivity contribution in [2.24, 2.45) is 5.92 Å². The summed E-state index contributed by atoms with van der Waals surface area (Å²) < 4.78 is 30.4. The molecule has 1 aliphatic carbocycles. The molecule has 2 aliphatic heterocycles. The standard InChI is InChI=1S/C26H30FNO4/c1-30-23-7-5-21(6-8-23)26(10-11-26)24(29)28-17-25(18-28)14-20(16-32-25)9-12-31-15-19-3-2-4-22(27)13-19/h2-8,13,20H,9-12,14-18H2,1H3. The van der Waals surface area contributed by atoms with Crippen molar-refractivity contribution in [2.75, 3.05) is 33.4 Å². The third-order valence-electron chi connectivity index (χ3n) is 7.16. The zero-order chi connectivity index (χ0) is 22.2. The fraction of sp³-hybridized carbons (Fsp3) is 0.500. The van der Waals surface area contributed by atoms with Gasteiger partial charge in [-0.25, -0.2) is 4.39 Å². The van der Waals surface area contributed by atoms with Gasteiger partial charge in [-0.1, -0.05) is 24.3 Å². The van der Waals surface area contributed by atoms with Gasteiger partial charge < -0.3 is 19.1 Å². The Labute approximate surface area is 188 Å². The van der Waals surface area contributed by atoms with Crippen LogP contribution in [0.4, 0.5) is 4.39 Å². The van der Waals surface area contributed by atoms with Crippen LogP contribution in [0.15, 0.2) is 48.5 Å². The van der Waals surface area contributed by atoms with E-state index in [1.807, 2.05) is 35.2 Å². The van der Waals surface area contributed by atoms with Crippen molar-refractivity contribution in [1.29, 1.82) is 0 Å². The van der Waals surface area contributed by atoms with Crippen LogP contribution in [0.3, 0.4) is 0 Å². The molecular weight excluding hydrogens is 409 g/mol. The number of nitrogens with zero attached hydrogens (tertiary/aromatic N) is 1. The maximum absolute atomic E-state index is 13.2. The predicted molar refractivity (Wildman–Crippen MR) is 118 cm³/mol. The number of amides is 1. The molecule has 3 fully saturated rings. The highest BCUT2D eigenvalue weighted by molar-refractivity contribution is 5.92. The maximum atomic E-state index is 13.2. The molecule has 1 spiro atoms. The van der Waals surface area contributed by atoms with Gasteiger partial charge >= 0.3 is 0 Å². The van der Waals surface area contributed by atoms with E-state index < -0.39 is 0 Å². The maximum Gasteiger partial charge on any atom is 0.233 e. The van der Waals surface area contributed by atoms with Gasteiger partial charge in [0.25, 0.3) is 0 Å². The van der Waals surface area contributed by atoms with Crippen LogP contribution in [0.2, 0.25) is 0 Å². The van der Waals surface area contributed by atoms with E-state index in [4.69, 9.17) is 14.2 Å². The minimum atomic E-state index is -0.351. The second-order valence-electron chi connectivity index (χ2n) is 9.51. The Morgan fingerprint density at radius 3 is 2.66 bits per heavy atom. The monoisotopic (exact) mass is 439 g/mol. The first-order valence-corrected chi connectivity index (χ1v) is 11.4. The summed E-state index contributed by atoms with van der Waals surface area (Å²) in [4.78, 5) is 15.2. The van der Waals surface area contributed by atoms with Crippen LogP contribution in [-0.2, 0) is 26.3 Å². The highest BCUT2D eigenvalue weighted by atomic mass is 19.1. The highest BCUT2D eigenvalue weighted by Gasteiger charge is 2.59. The minimum Gasteiger partial charge on any atom is -0.497 e. The first-order chi connectivity index (χ1) is 15.5. The Bertz CT molecular complexity index is 966. The molecule has 0 N–H and O–H groups in total. The topological polar surface area (TPSA) is 48.0 Å². The van der Waals surface area contributed by atoms with Crippen molar-refractivity contribution in [3.05, 3.63) is 65.5 Å². The molecule has 2 aromatic rings. The normalized spacial score (nSPS) is 22.6. The van der Waals surface area contributed by atoms with Gasteiger partial charge in [0.15, 0.2) is 0 Å². The summed E-state index contributed by atoms with van der Waals surface area (Å²) in [5.74, 6) is 1.25. The van der Waals surface area contributed by atoms with E-state index in [0.717, 1.165) is 49.2 Å². The van der Waals surface area contributed by atoms with E-state index in [2.05, 4.69) is 0 Å². The summed E-state index contributed by atoms with van der Waals surface area (Å²) in [7, 11) is 1.65. The van der Waals surface area contributed by atoms with E-state index in [-0.39, 0.29) is 22.7 Å². The predicted octanol–water partition coefficient (Wildman–Crippen LogP) is 4.09. The first kappa shape index (κ1) is 21.4. The quantitative estimate of drug-likeness (QED) is 0.582. The third kappa shape index (κ3) is 4.14. The fourth-order valence-corrected chi connectivity index (χ4v) is 5.17. The van der Waals surface area contributed by atoms with Crippen LogP contribution in [0, 0.1) is 11.7 Å². The average Bonchev–Trinajstić information content (AvgIpc) is 3.48. The number of carbonyl (C=O) groups is 1. The molecular formula is C26H30FNO4. The van der Waals surface area contributed by atoms with E-state index in [1.54, 1.807) is 13.2 Å². The largest absolute Gasteiger partial charge is 0.497 e. The molecule has 1 amide bonds. The molecule has 3 aliphatic rings. The molecule has 1 atom stereocenters. The van der Waals surface area contributed by atoms with E-state index in [1.165, 1.54) is 12.1 Å². The Hall–Kier alpha value is -2.44. The van der Waals surface area contributed by atoms with Crippen molar-refractivity contribution >= 4 is 5.91 Å². The van der Waals surface area contributed by atoms with Gasteiger partial charge in [-0.15, -0.1) is 0 Å². The Morgan fingerprint density at radius 2 is 1.97 bits per heavy atom. The van der Waals surface area contributed by atoms with Crippen molar-refractivity contribution < 1.29 is 23.4 Å². The Kier molecular flexibility index (Phi) is 5.68. The second-order valence-corrected chi connectivity index (χ2v) is 9.51. The summed E-state index contributed by atoms with van der Waals surface area (Å²) in [6, 6.07) is 14.4. The van der Waals surface area contributed by atoms with Gasteiger partial charge in [0, 0.05) is 6.61 Å². The molecule has 2 heterocycles. The molecule has 5 rings (SSSR count). The van der Waals surface area contributed by atoms with Crippen LogP contribution < -0.4 is 4.74 Å². The van der Waals surface area contributed by atoms with Crippen molar-refractivity contribution in [1.82, 2.24) is 4.90 Å². The lowest BCUT2D eigenvalue weighted by molar-refractivity contribution is -0.160. The third-order valence-corrected chi connectivity index (χ3v) is 7.16. The zero-order valence-corrected chi connectivity index (χ0v) is 18.5. The molecule has 1 unspecified atom stereocenters. The van der Waals surface area contributed by atoms with E-state index in [0.29, 0.717) is 32.2 Å². The number of hydrogen-bond acceptors (Lipinski definition) is 4. The summed E-state index contributed by atoms with van der Waals surface area (Å²) in [6.07, 6.45) is 3.71. The number of hydrogen-bond donors (Lipinski definition) is 0. The van der Waals surface area contributed by atoms with Gasteiger partial charge in [-0.05, 0) is 67.0 Å². The van der Waals surface area contributed by atoms with Gasteiger partial charge in [-0.3, -0.25) is 4.79 Å². The Balaban J connectivity index is 1.08. The van der Waals surface area contributed by atoms with E-state index >= 15 is 0 Å². The van der Waals surface area contributed by atoms with Gasteiger partial charge in [0.05, 0.1) is 38.8 Å². The van der Waals surface area contributed by atoms with Crippen LogP contribution in [0.5, 0.6) is 5.75 Å². The lowest BCUT2D eigenvalue weighted by Crippen LogP contribution is -2.64. The summed E-state index contributed by atoms with van der Waals surface area (Å²) >= 11 is 0. The Morgan fingerprint density at radius 1 is 1.19 bits per heavy atom. The van der Waals surface area contributed by atoms with Crippen LogP contribution in [0.25, 0.3) is 0 Å². The van der Waals surface area contributed by atoms with Crippen molar-refractivity contribution in [2.45, 2.75) is 43.3 Å². The molecule has 32 heavy (non-hydrogen) atoms. The number of carbonyl (C=O) groups excluding carboxylic acids is 1. The molecule has 6 heteroatoms. The van der Waals surface area contributed by atoms with Crippen LogP contribution in [-0.4, -0.2) is 49.8 Å². The summed E-state index contributed by atoms with van der Waals surface area (Å²) in [5, 5.41) is 0.